The second-order valence-corrected chi connectivity index (χ2v) is 3.46. The van der Waals surface area contributed by atoms with Gasteiger partial charge in [-0.05, 0) is 24.1 Å². The predicted octanol–water partition coefficient (Wildman–Crippen LogP) is 1.23. The molecule has 2 nitrogen and oxygen atoms in total. The third-order valence-electron chi connectivity index (χ3n) is 2.67. The highest BCUT2D eigenvalue weighted by Gasteiger charge is 2.43. The van der Waals surface area contributed by atoms with Gasteiger partial charge in [-0.2, -0.15) is 0 Å². The van der Waals surface area contributed by atoms with Crippen molar-refractivity contribution in [2.75, 3.05) is 6.54 Å². The van der Waals surface area contributed by atoms with Crippen LogP contribution >= 0.6 is 0 Å². The maximum absolute atomic E-state index is 11.4. The smallest absolute Gasteiger partial charge is 0.160 e. The first-order chi connectivity index (χ1) is 5.86. The van der Waals surface area contributed by atoms with E-state index in [0.717, 1.165) is 6.42 Å². The van der Waals surface area contributed by atoms with Gasteiger partial charge in [-0.15, -0.1) is 0 Å². The molecule has 3 rings (SSSR count). The van der Waals surface area contributed by atoms with Crippen LogP contribution in [0.5, 0.6) is 0 Å². The van der Waals surface area contributed by atoms with Gasteiger partial charge in [0.2, 0.25) is 0 Å². The van der Waals surface area contributed by atoms with Gasteiger partial charge in [0.05, 0.1) is 6.54 Å². The van der Waals surface area contributed by atoms with E-state index in [4.69, 9.17) is 0 Å². The van der Waals surface area contributed by atoms with Gasteiger partial charge in [0, 0.05) is 17.8 Å². The van der Waals surface area contributed by atoms with Crippen LogP contribution in [-0.4, -0.2) is 17.2 Å². The van der Waals surface area contributed by atoms with Gasteiger partial charge < -0.3 is 4.90 Å². The molecular formula is C10H9NO. The Morgan fingerprint density at radius 1 is 1.42 bits per heavy atom. The van der Waals surface area contributed by atoms with Crippen LogP contribution in [0.25, 0.3) is 0 Å². The van der Waals surface area contributed by atoms with Gasteiger partial charge >= 0.3 is 0 Å². The number of hydrogen-bond donors (Lipinski definition) is 0. The predicted molar refractivity (Wildman–Crippen MR) is 45.1 cm³/mol. The van der Waals surface area contributed by atoms with Crippen molar-refractivity contribution in [3.05, 3.63) is 35.7 Å². The molecule has 0 N–H and O–H groups in total. The molecule has 1 atom stereocenters. The topological polar surface area (TPSA) is 20.3 Å². The van der Waals surface area contributed by atoms with Gasteiger partial charge in [0.25, 0.3) is 0 Å². The van der Waals surface area contributed by atoms with Crippen LogP contribution in [0.4, 0.5) is 0 Å². The van der Waals surface area contributed by atoms with Crippen molar-refractivity contribution in [2.24, 2.45) is 5.92 Å². The van der Waals surface area contributed by atoms with Crippen LogP contribution in [0.2, 0.25) is 0 Å². The number of hydrogen-bond acceptors (Lipinski definition) is 2. The molecule has 0 amide bonds. The second-order valence-electron chi connectivity index (χ2n) is 3.46. The van der Waals surface area contributed by atoms with E-state index in [9.17, 15) is 4.79 Å². The molecule has 60 valence electrons. The summed E-state index contributed by atoms with van der Waals surface area (Å²) in [7, 11) is 0. The lowest BCUT2D eigenvalue weighted by Crippen LogP contribution is -2.29. The molecule has 12 heavy (non-hydrogen) atoms. The molecule has 2 aliphatic heterocycles. The summed E-state index contributed by atoms with van der Waals surface area (Å²) < 4.78 is 0. The van der Waals surface area contributed by atoms with Crippen LogP contribution < -0.4 is 0 Å². The zero-order valence-corrected chi connectivity index (χ0v) is 6.66. The Morgan fingerprint density at radius 2 is 2.33 bits per heavy atom. The minimum Gasteiger partial charge on any atom is -0.341 e. The fourth-order valence-corrected chi connectivity index (χ4v) is 1.94. The largest absolute Gasteiger partial charge is 0.341 e. The first-order valence-corrected chi connectivity index (χ1v) is 4.23. The van der Waals surface area contributed by atoms with E-state index in [1.807, 2.05) is 23.3 Å². The van der Waals surface area contributed by atoms with E-state index in [2.05, 4.69) is 6.08 Å². The van der Waals surface area contributed by atoms with Gasteiger partial charge in [0.15, 0.2) is 5.78 Å². The summed E-state index contributed by atoms with van der Waals surface area (Å²) in [5, 5.41) is 0. The van der Waals surface area contributed by atoms with Crippen LogP contribution in [0.15, 0.2) is 35.7 Å². The van der Waals surface area contributed by atoms with Crippen molar-refractivity contribution in [2.45, 2.75) is 6.42 Å². The average molecular weight is 159 g/mol. The molecular weight excluding hydrogens is 150 g/mol. The van der Waals surface area contributed by atoms with E-state index in [1.165, 1.54) is 11.3 Å². The summed E-state index contributed by atoms with van der Waals surface area (Å²) in [6.45, 7) is 0.574. The fourth-order valence-electron chi connectivity index (χ4n) is 1.94. The van der Waals surface area contributed by atoms with Crippen LogP contribution in [-0.2, 0) is 4.79 Å². The molecule has 0 aromatic carbocycles. The summed E-state index contributed by atoms with van der Waals surface area (Å²) in [4.78, 5) is 13.4. The van der Waals surface area contributed by atoms with Crippen LogP contribution in [0.1, 0.15) is 6.42 Å². The van der Waals surface area contributed by atoms with Crippen molar-refractivity contribution < 1.29 is 4.79 Å². The molecule has 1 fully saturated rings. The lowest BCUT2D eigenvalue weighted by molar-refractivity contribution is -0.120. The number of rotatable bonds is 0. The van der Waals surface area contributed by atoms with Crippen LogP contribution in [0.3, 0.4) is 0 Å². The Hall–Kier alpha value is -1.31. The number of fused-ring (bicyclic) bond motifs is 2. The second kappa shape index (κ2) is 1.89. The van der Waals surface area contributed by atoms with E-state index in [-0.39, 0.29) is 5.92 Å². The van der Waals surface area contributed by atoms with Gasteiger partial charge in [-0.1, -0.05) is 6.08 Å². The zero-order valence-electron chi connectivity index (χ0n) is 6.66. The fraction of sp³-hybridized carbons (Fsp3) is 0.300. The third-order valence-corrected chi connectivity index (χ3v) is 2.67. The highest BCUT2D eigenvalue weighted by atomic mass is 16.1. The molecule has 0 aromatic rings. The summed E-state index contributed by atoms with van der Waals surface area (Å²) in [6.07, 6.45) is 9.09. The van der Waals surface area contributed by atoms with E-state index < -0.39 is 0 Å². The monoisotopic (exact) mass is 159 g/mol. The summed E-state index contributed by atoms with van der Waals surface area (Å²) in [5.41, 5.74) is 2.61. The maximum Gasteiger partial charge on any atom is 0.160 e. The summed E-state index contributed by atoms with van der Waals surface area (Å²) >= 11 is 0. The molecule has 3 aliphatic rings. The molecule has 1 unspecified atom stereocenters. The molecule has 0 radical (unpaired) electrons. The molecule has 1 aliphatic carbocycles. The van der Waals surface area contributed by atoms with E-state index in [1.54, 1.807) is 0 Å². The van der Waals surface area contributed by atoms with Gasteiger partial charge in [-0.25, -0.2) is 0 Å². The molecule has 2 heterocycles. The number of nitrogens with zero attached hydrogens (tertiary/aromatic N) is 1. The molecule has 2 heteroatoms. The number of ketones is 1. The minimum absolute atomic E-state index is 0.285. The number of carbonyl (C=O) groups is 1. The third kappa shape index (κ3) is 0.670. The Kier molecular flexibility index (Phi) is 0.980. The van der Waals surface area contributed by atoms with Crippen molar-refractivity contribution in [3.8, 4) is 0 Å². The average Bonchev–Trinajstić information content (AvgIpc) is 2.84. The Balaban J connectivity index is 2.11. The first-order valence-electron chi connectivity index (χ1n) is 4.23. The van der Waals surface area contributed by atoms with Crippen LogP contribution in [0, 0.1) is 5.92 Å². The van der Waals surface area contributed by atoms with E-state index in [0.29, 0.717) is 12.3 Å². The van der Waals surface area contributed by atoms with E-state index >= 15 is 0 Å². The first kappa shape index (κ1) is 6.23. The molecule has 0 spiro atoms. The molecule has 1 saturated carbocycles. The molecule has 0 bridgehead atoms. The Labute approximate surface area is 70.9 Å². The van der Waals surface area contributed by atoms with Crippen molar-refractivity contribution in [1.82, 2.24) is 4.90 Å². The Bertz CT molecular complexity index is 349. The normalized spacial score (nSPS) is 30.5. The number of allylic oxidation sites excluding steroid dienone is 4. The highest BCUT2D eigenvalue weighted by Crippen LogP contribution is 2.46. The number of carbonyl (C=O) groups excluding carboxylic acids is 1. The highest BCUT2D eigenvalue weighted by molar-refractivity contribution is 5.92. The lowest BCUT2D eigenvalue weighted by atomic mass is 10.1. The quantitative estimate of drug-likeness (QED) is 0.529. The minimum atomic E-state index is 0.285. The summed E-state index contributed by atoms with van der Waals surface area (Å²) in [6, 6.07) is 0. The Morgan fingerprint density at radius 3 is 3.25 bits per heavy atom. The van der Waals surface area contributed by atoms with Gasteiger partial charge in [0.1, 0.15) is 0 Å². The van der Waals surface area contributed by atoms with Crippen molar-refractivity contribution >= 4 is 5.78 Å². The standard InChI is InChI=1S/C10H9NO/c12-10-6-11-4-2-1-3-9(11)7-5-8(7)10/h1-4,8H,5-6H2. The lowest BCUT2D eigenvalue weighted by Gasteiger charge is -2.25. The maximum atomic E-state index is 11.4. The van der Waals surface area contributed by atoms with Crippen molar-refractivity contribution in [3.63, 3.8) is 0 Å². The molecule has 0 saturated heterocycles. The SMILES string of the molecule is O=C1CN2C=CC=CC2=C2CC12. The van der Waals surface area contributed by atoms with Gasteiger partial charge in [-0.3, -0.25) is 4.79 Å². The number of Topliss-reactive ketones (excluding diaryl/α,β-unsaturated/α-hetero) is 1. The van der Waals surface area contributed by atoms with Crippen molar-refractivity contribution in [1.29, 1.82) is 0 Å². The molecule has 0 aromatic heterocycles. The zero-order chi connectivity index (χ0) is 8.13. The summed E-state index contributed by atoms with van der Waals surface area (Å²) in [5.74, 6) is 0.668.